The largest absolute Gasteiger partial charge is 0.435 e. The number of hydrogen-bond acceptors (Lipinski definition) is 7. The number of alkyl halides is 5. The van der Waals surface area contributed by atoms with Gasteiger partial charge in [-0.1, -0.05) is 24.3 Å². The number of carbonyl (C=O) groups excluding carboxylic acids is 2. The fraction of sp³-hybridized carbons (Fsp3) is 0.324. The molecule has 0 aliphatic heterocycles. The Hall–Kier alpha value is -4.94. The Labute approximate surface area is 271 Å². The zero-order chi connectivity index (χ0) is 35.5. The monoisotopic (exact) mass is 658 g/mol. The third-order valence-corrected chi connectivity index (χ3v) is 6.83. The lowest BCUT2D eigenvalue weighted by Crippen LogP contribution is -2.23. The molecular weight excluding hydrogens is 619 g/mol. The molecule has 0 bridgehead atoms. The average molecular weight is 659 g/mol. The maximum atomic E-state index is 13.3. The van der Waals surface area contributed by atoms with E-state index in [0.717, 1.165) is 27.2 Å². The van der Waals surface area contributed by atoms with Gasteiger partial charge in [0.2, 0.25) is 0 Å². The number of aromatic nitrogens is 3. The van der Waals surface area contributed by atoms with Crippen molar-refractivity contribution in [2.75, 3.05) is 19.4 Å². The highest BCUT2D eigenvalue weighted by Gasteiger charge is 2.36. The molecule has 1 atom stereocenters. The van der Waals surface area contributed by atoms with Crippen molar-refractivity contribution >= 4 is 29.7 Å². The lowest BCUT2D eigenvalue weighted by Gasteiger charge is -2.22. The fourth-order valence-electron chi connectivity index (χ4n) is 4.36. The molecule has 0 radical (unpaired) electrons. The van der Waals surface area contributed by atoms with E-state index in [9.17, 15) is 31.5 Å². The van der Waals surface area contributed by atoms with Gasteiger partial charge in [-0.15, -0.1) is 0 Å². The summed E-state index contributed by atoms with van der Waals surface area (Å²) in [6.07, 6.45) is 5.68. The normalized spacial score (nSPS) is 12.8. The van der Waals surface area contributed by atoms with Crippen molar-refractivity contribution in [2.45, 2.75) is 60.3 Å². The molecule has 0 fully saturated rings. The van der Waals surface area contributed by atoms with Crippen molar-refractivity contribution in [1.82, 2.24) is 25.2 Å². The number of anilines is 1. The van der Waals surface area contributed by atoms with E-state index in [1.807, 2.05) is 26.0 Å². The zero-order valence-electron chi connectivity index (χ0n) is 27.5. The maximum absolute atomic E-state index is 13.3. The first-order valence-corrected chi connectivity index (χ1v) is 14.5. The van der Waals surface area contributed by atoms with Crippen LogP contribution in [0.2, 0.25) is 0 Å². The lowest BCUT2D eigenvalue weighted by molar-refractivity contribution is -0.140. The number of benzene rings is 1. The topological polar surface area (TPSA) is 100 Å². The van der Waals surface area contributed by atoms with Gasteiger partial charge in [0.1, 0.15) is 6.29 Å². The van der Waals surface area contributed by atoms with Crippen molar-refractivity contribution in [2.24, 2.45) is 0 Å². The summed E-state index contributed by atoms with van der Waals surface area (Å²) in [7, 11) is 2.78. The lowest BCUT2D eigenvalue weighted by atomic mass is 9.94. The number of carbonyl (C=O) groups is 2. The predicted molar refractivity (Wildman–Crippen MR) is 174 cm³/mol. The number of nitrogens with zero attached hydrogens (tertiary/aromatic N) is 4. The number of amides is 1. The zero-order valence-corrected chi connectivity index (χ0v) is 27.5. The molecule has 252 valence electrons. The standard InChI is InChI=1S/C19H22F3N3O.C15H17F2N3O/c1-10-8-14(12(3)15(9-10)18(26)23-5)13(4)25-16-7-6-11(2)24-17(16)19(20,21)22;1-4-5-12-8-18-14(19-9-12)13(20(3)15(16)17)7-6-11(2)10-21/h6-9,13,25H,1-5H3,(H,23,26);4-10,15H,1-3H3/b;5-4+,11-6-,13-7-/t13-;/m1./s1. The molecule has 47 heavy (non-hydrogen) atoms. The molecule has 2 N–H and O–H groups in total. The van der Waals surface area contributed by atoms with Gasteiger partial charge in [0.25, 0.3) is 5.91 Å². The molecule has 0 spiro atoms. The SMILES string of the molecule is C/C=C/c1cnc(/C(=C/C=C(/C)C=O)N(C)C(F)F)nc1.CNC(=O)c1cc(C)cc([C@@H](C)Nc2ccc(C)nc2C(F)(F)F)c1C. The smallest absolute Gasteiger partial charge is 0.377 e. The van der Waals surface area contributed by atoms with Crippen LogP contribution in [0, 0.1) is 20.8 Å². The van der Waals surface area contributed by atoms with E-state index in [0.29, 0.717) is 23.1 Å². The van der Waals surface area contributed by atoms with Crippen LogP contribution in [0.1, 0.15) is 76.6 Å². The Kier molecular flexibility index (Phi) is 13.9. The average Bonchev–Trinajstić information content (AvgIpc) is 3.02. The van der Waals surface area contributed by atoms with Crippen molar-refractivity contribution in [1.29, 1.82) is 0 Å². The minimum atomic E-state index is -4.55. The van der Waals surface area contributed by atoms with E-state index >= 15 is 0 Å². The number of halogens is 5. The summed E-state index contributed by atoms with van der Waals surface area (Å²) in [6.45, 7) is 7.65. The van der Waals surface area contributed by atoms with Gasteiger partial charge >= 0.3 is 12.7 Å². The first-order chi connectivity index (χ1) is 22.0. The molecule has 0 saturated carbocycles. The second kappa shape index (κ2) is 17.1. The molecule has 2 aromatic heterocycles. The van der Waals surface area contributed by atoms with E-state index in [4.69, 9.17) is 0 Å². The van der Waals surface area contributed by atoms with Crippen molar-refractivity contribution in [3.63, 3.8) is 0 Å². The number of allylic oxidation sites excluding steroid dienone is 4. The number of nitrogens with one attached hydrogen (secondary N) is 2. The summed E-state index contributed by atoms with van der Waals surface area (Å²) in [5, 5.41) is 5.48. The number of pyridine rings is 1. The molecule has 3 aromatic rings. The number of hydrogen-bond donors (Lipinski definition) is 2. The summed E-state index contributed by atoms with van der Waals surface area (Å²) in [5.41, 5.74) is 3.45. The van der Waals surface area contributed by atoms with Crippen LogP contribution in [0.3, 0.4) is 0 Å². The van der Waals surface area contributed by atoms with Crippen LogP contribution in [0.5, 0.6) is 0 Å². The molecule has 2 heterocycles. The molecule has 1 aromatic carbocycles. The minimum absolute atomic E-state index is 0.0852. The van der Waals surface area contributed by atoms with Gasteiger partial charge in [0.15, 0.2) is 11.5 Å². The van der Waals surface area contributed by atoms with Crippen LogP contribution in [-0.2, 0) is 11.0 Å². The number of aryl methyl sites for hydroxylation is 2. The summed E-state index contributed by atoms with van der Waals surface area (Å²) in [4.78, 5) is 35.2. The van der Waals surface area contributed by atoms with Gasteiger partial charge in [-0.3, -0.25) is 9.59 Å². The Bertz CT molecular complexity index is 1630. The van der Waals surface area contributed by atoms with Gasteiger partial charge in [-0.2, -0.15) is 22.0 Å². The number of aldehydes is 1. The molecule has 0 aliphatic carbocycles. The molecule has 3 rings (SSSR count). The van der Waals surface area contributed by atoms with Crippen LogP contribution in [0.15, 0.2) is 60.5 Å². The van der Waals surface area contributed by atoms with Crippen molar-refractivity contribution < 1.29 is 31.5 Å². The van der Waals surface area contributed by atoms with Crippen LogP contribution < -0.4 is 10.6 Å². The Morgan fingerprint density at radius 3 is 2.21 bits per heavy atom. The molecule has 0 saturated heterocycles. The predicted octanol–water partition coefficient (Wildman–Crippen LogP) is 7.71. The van der Waals surface area contributed by atoms with E-state index in [2.05, 4.69) is 25.6 Å². The molecule has 0 aliphatic rings. The van der Waals surface area contributed by atoms with E-state index in [1.165, 1.54) is 38.3 Å². The van der Waals surface area contributed by atoms with Gasteiger partial charge in [0, 0.05) is 49.4 Å². The third kappa shape index (κ3) is 10.8. The summed E-state index contributed by atoms with van der Waals surface area (Å²) in [5.74, 6) is -0.0614. The van der Waals surface area contributed by atoms with Crippen LogP contribution >= 0.6 is 0 Å². The van der Waals surface area contributed by atoms with Crippen molar-refractivity contribution in [3.8, 4) is 0 Å². The van der Waals surface area contributed by atoms with E-state index in [-0.39, 0.29) is 23.1 Å². The van der Waals surface area contributed by atoms with Gasteiger partial charge in [0.05, 0.1) is 11.4 Å². The van der Waals surface area contributed by atoms with Gasteiger partial charge in [-0.25, -0.2) is 15.0 Å². The van der Waals surface area contributed by atoms with E-state index in [1.54, 1.807) is 52.4 Å². The molecule has 13 heteroatoms. The Morgan fingerprint density at radius 1 is 1.04 bits per heavy atom. The summed E-state index contributed by atoms with van der Waals surface area (Å²) >= 11 is 0. The van der Waals surface area contributed by atoms with Crippen LogP contribution in [-0.4, -0.2) is 52.7 Å². The van der Waals surface area contributed by atoms with Crippen LogP contribution in [0.4, 0.5) is 27.6 Å². The molecular formula is C34H39F5N6O2. The number of rotatable bonds is 10. The second-order valence-corrected chi connectivity index (χ2v) is 10.6. The highest BCUT2D eigenvalue weighted by Crippen LogP contribution is 2.35. The quantitative estimate of drug-likeness (QED) is 0.0757. The van der Waals surface area contributed by atoms with Gasteiger partial charge < -0.3 is 15.5 Å². The second-order valence-electron chi connectivity index (χ2n) is 10.6. The van der Waals surface area contributed by atoms with Crippen LogP contribution in [0.25, 0.3) is 11.8 Å². The molecule has 0 unspecified atom stereocenters. The summed E-state index contributed by atoms with van der Waals surface area (Å²) in [6, 6.07) is 6.10. The van der Waals surface area contributed by atoms with E-state index < -0.39 is 24.5 Å². The Morgan fingerprint density at radius 2 is 1.68 bits per heavy atom. The highest BCUT2D eigenvalue weighted by molar-refractivity contribution is 5.96. The molecule has 8 nitrogen and oxygen atoms in total. The highest BCUT2D eigenvalue weighted by atomic mass is 19.4. The van der Waals surface area contributed by atoms with Gasteiger partial charge in [-0.05, 0) is 88.1 Å². The summed E-state index contributed by atoms with van der Waals surface area (Å²) < 4.78 is 65.7. The van der Waals surface area contributed by atoms with Crippen molar-refractivity contribution in [3.05, 3.63) is 105 Å². The first kappa shape index (κ1) is 38.2. The molecule has 1 amide bonds. The maximum Gasteiger partial charge on any atom is 0.435 e. The fourth-order valence-corrected chi connectivity index (χ4v) is 4.36. The third-order valence-electron chi connectivity index (χ3n) is 6.83. The first-order valence-electron chi connectivity index (χ1n) is 14.5. The minimum Gasteiger partial charge on any atom is -0.377 e. The Balaban J connectivity index is 0.000000335.